The van der Waals surface area contributed by atoms with E-state index in [1.54, 1.807) is 47.4 Å². The van der Waals surface area contributed by atoms with Gasteiger partial charge in [0.25, 0.3) is 5.91 Å². The van der Waals surface area contributed by atoms with Crippen LogP contribution in [0.1, 0.15) is 15.9 Å². The van der Waals surface area contributed by atoms with E-state index in [9.17, 15) is 13.2 Å². The van der Waals surface area contributed by atoms with Crippen LogP contribution in [-0.4, -0.2) is 40.3 Å². The van der Waals surface area contributed by atoms with Crippen molar-refractivity contribution in [2.45, 2.75) is 11.4 Å². The van der Waals surface area contributed by atoms with E-state index >= 15 is 0 Å². The molecule has 0 aliphatic heterocycles. The standard InChI is InChI=1S/C25H22N6O3S/c1-30-23-19(14-28-30)18-10-9-16(12-20(18)29-24(23)26)15-31(25(32)17-6-5-11-27-13-17)21-7-3-4-8-22(21)35(2,33)34/h3-14H,15H2,1-2H3,(H2,26,29). The number of para-hydroxylation sites is 1. The summed E-state index contributed by atoms with van der Waals surface area (Å²) in [6, 6.07) is 15.4. The summed E-state index contributed by atoms with van der Waals surface area (Å²) in [6.07, 6.45) is 5.90. The molecule has 0 radical (unpaired) electrons. The number of sulfone groups is 1. The number of rotatable bonds is 5. The summed E-state index contributed by atoms with van der Waals surface area (Å²) >= 11 is 0. The number of carbonyl (C=O) groups excluding carboxylic acids is 1. The van der Waals surface area contributed by atoms with Gasteiger partial charge in [-0.15, -0.1) is 0 Å². The van der Waals surface area contributed by atoms with Crippen LogP contribution in [0.15, 0.2) is 78.1 Å². The van der Waals surface area contributed by atoms with Crippen molar-refractivity contribution < 1.29 is 13.2 Å². The first-order valence-electron chi connectivity index (χ1n) is 10.7. The first kappa shape index (κ1) is 22.5. The number of aryl methyl sites for hydroxylation is 1. The minimum atomic E-state index is -3.60. The van der Waals surface area contributed by atoms with Crippen LogP contribution >= 0.6 is 0 Å². The number of nitrogen functional groups attached to an aromatic ring is 1. The van der Waals surface area contributed by atoms with Crippen LogP contribution in [0.25, 0.3) is 21.8 Å². The molecule has 3 heterocycles. The minimum Gasteiger partial charge on any atom is -0.382 e. The van der Waals surface area contributed by atoms with Crippen LogP contribution < -0.4 is 10.6 Å². The molecule has 0 aliphatic rings. The lowest BCUT2D eigenvalue weighted by Crippen LogP contribution is -2.31. The zero-order valence-electron chi connectivity index (χ0n) is 19.1. The van der Waals surface area contributed by atoms with Gasteiger partial charge in [0.1, 0.15) is 11.3 Å². The molecular weight excluding hydrogens is 464 g/mol. The second-order valence-electron chi connectivity index (χ2n) is 8.25. The maximum Gasteiger partial charge on any atom is 0.260 e. The van der Waals surface area contributed by atoms with E-state index in [2.05, 4.69) is 15.1 Å². The zero-order chi connectivity index (χ0) is 24.7. The Morgan fingerprint density at radius 1 is 1.06 bits per heavy atom. The van der Waals surface area contributed by atoms with Crippen LogP contribution in [0.2, 0.25) is 0 Å². The number of carbonyl (C=O) groups is 1. The van der Waals surface area contributed by atoms with E-state index < -0.39 is 9.84 Å². The molecule has 0 saturated carbocycles. The lowest BCUT2D eigenvalue weighted by molar-refractivity contribution is 0.0984. The molecule has 35 heavy (non-hydrogen) atoms. The third kappa shape index (κ3) is 4.08. The number of hydrogen-bond acceptors (Lipinski definition) is 7. The maximum absolute atomic E-state index is 13.6. The molecule has 1 amide bonds. The first-order chi connectivity index (χ1) is 16.7. The van der Waals surface area contributed by atoms with Crippen LogP contribution in [0.4, 0.5) is 11.5 Å². The van der Waals surface area contributed by atoms with Crippen LogP contribution in [0, 0.1) is 0 Å². The molecule has 9 nitrogen and oxygen atoms in total. The van der Waals surface area contributed by atoms with Gasteiger partial charge in [-0.25, -0.2) is 13.4 Å². The van der Waals surface area contributed by atoms with E-state index in [0.29, 0.717) is 22.6 Å². The van der Waals surface area contributed by atoms with Gasteiger partial charge in [-0.2, -0.15) is 5.10 Å². The van der Waals surface area contributed by atoms with Gasteiger partial charge in [-0.1, -0.05) is 24.3 Å². The van der Waals surface area contributed by atoms with Crippen molar-refractivity contribution in [3.05, 3.63) is 84.3 Å². The van der Waals surface area contributed by atoms with E-state index in [1.807, 2.05) is 25.2 Å². The van der Waals surface area contributed by atoms with Gasteiger partial charge in [0.15, 0.2) is 9.84 Å². The Bertz CT molecular complexity index is 1700. The summed E-state index contributed by atoms with van der Waals surface area (Å²) in [5.74, 6) is -0.0140. The van der Waals surface area contributed by atoms with Crippen molar-refractivity contribution in [1.29, 1.82) is 0 Å². The number of aromatic nitrogens is 4. The molecule has 5 aromatic rings. The van der Waals surface area contributed by atoms with Gasteiger partial charge < -0.3 is 10.6 Å². The normalized spacial score (nSPS) is 11.7. The molecular formula is C25H22N6O3S. The summed E-state index contributed by atoms with van der Waals surface area (Å²) in [4.78, 5) is 23.7. The third-order valence-electron chi connectivity index (χ3n) is 5.82. The van der Waals surface area contributed by atoms with Crippen molar-refractivity contribution >= 4 is 49.1 Å². The first-order valence-corrected chi connectivity index (χ1v) is 12.6. The average Bonchev–Trinajstić information content (AvgIpc) is 3.24. The van der Waals surface area contributed by atoms with Gasteiger partial charge in [0.2, 0.25) is 0 Å². The average molecular weight is 487 g/mol. The highest BCUT2D eigenvalue weighted by atomic mass is 32.2. The summed E-state index contributed by atoms with van der Waals surface area (Å²) in [5.41, 5.74) is 8.99. The number of pyridine rings is 2. The van der Waals surface area contributed by atoms with Crippen molar-refractivity contribution in [1.82, 2.24) is 19.7 Å². The van der Waals surface area contributed by atoms with Crippen molar-refractivity contribution in [2.75, 3.05) is 16.9 Å². The Morgan fingerprint density at radius 2 is 1.86 bits per heavy atom. The monoisotopic (exact) mass is 486 g/mol. The highest BCUT2D eigenvalue weighted by Gasteiger charge is 2.24. The number of anilines is 2. The molecule has 5 rings (SSSR count). The van der Waals surface area contributed by atoms with Crippen molar-refractivity contribution in [3.8, 4) is 0 Å². The number of fused-ring (bicyclic) bond motifs is 3. The number of hydrogen-bond donors (Lipinski definition) is 1. The topological polar surface area (TPSA) is 124 Å². The second kappa shape index (κ2) is 8.48. The SMILES string of the molecule is Cn1ncc2c3ccc(CN(C(=O)c4cccnc4)c4ccccc4S(C)(=O)=O)cc3nc(N)c21. The Morgan fingerprint density at radius 3 is 2.60 bits per heavy atom. The number of nitrogens with zero attached hydrogens (tertiary/aromatic N) is 5. The van der Waals surface area contributed by atoms with Crippen LogP contribution in [0.5, 0.6) is 0 Å². The predicted molar refractivity (Wildman–Crippen MR) is 135 cm³/mol. The van der Waals surface area contributed by atoms with E-state index in [4.69, 9.17) is 5.73 Å². The summed E-state index contributed by atoms with van der Waals surface area (Å²) in [7, 11) is -1.79. The fourth-order valence-corrected chi connectivity index (χ4v) is 5.09. The zero-order valence-corrected chi connectivity index (χ0v) is 19.9. The van der Waals surface area contributed by atoms with Gasteiger partial charge in [-0.05, 0) is 35.9 Å². The lowest BCUT2D eigenvalue weighted by Gasteiger charge is -2.25. The fraction of sp³-hybridized carbons (Fsp3) is 0.120. The van der Waals surface area contributed by atoms with Crippen molar-refractivity contribution in [2.24, 2.45) is 7.05 Å². The van der Waals surface area contributed by atoms with E-state index in [1.165, 1.54) is 17.2 Å². The number of benzene rings is 2. The molecule has 2 aromatic carbocycles. The van der Waals surface area contributed by atoms with Crippen molar-refractivity contribution in [3.63, 3.8) is 0 Å². The molecule has 0 atom stereocenters. The third-order valence-corrected chi connectivity index (χ3v) is 6.97. The van der Waals surface area contributed by atoms with Gasteiger partial charge in [0, 0.05) is 36.5 Å². The molecule has 0 fully saturated rings. The second-order valence-corrected chi connectivity index (χ2v) is 10.2. The molecule has 0 spiro atoms. The fourth-order valence-electron chi connectivity index (χ4n) is 4.20. The summed E-state index contributed by atoms with van der Waals surface area (Å²) in [6.45, 7) is 0.114. The Balaban J connectivity index is 1.64. The van der Waals surface area contributed by atoms with Gasteiger partial charge >= 0.3 is 0 Å². The molecule has 0 unspecified atom stereocenters. The smallest absolute Gasteiger partial charge is 0.260 e. The molecule has 10 heteroatoms. The van der Waals surface area contributed by atoms with Gasteiger partial charge in [0.05, 0.1) is 34.4 Å². The van der Waals surface area contributed by atoms with Crippen LogP contribution in [0.3, 0.4) is 0 Å². The Hall–Kier alpha value is -4.31. The Labute approximate surface area is 201 Å². The number of nitrogens with two attached hydrogens (primary N) is 1. The maximum atomic E-state index is 13.6. The van der Waals surface area contributed by atoms with Gasteiger partial charge in [-0.3, -0.25) is 14.5 Å². The molecule has 176 valence electrons. The molecule has 2 N–H and O–H groups in total. The lowest BCUT2D eigenvalue weighted by atomic mass is 10.1. The Kier molecular flexibility index (Phi) is 5.45. The highest BCUT2D eigenvalue weighted by Crippen LogP contribution is 2.31. The van der Waals surface area contributed by atoms with E-state index in [-0.39, 0.29) is 17.3 Å². The largest absolute Gasteiger partial charge is 0.382 e. The summed E-state index contributed by atoms with van der Waals surface area (Å²) < 4.78 is 26.7. The predicted octanol–water partition coefficient (Wildman–Crippen LogP) is 3.35. The van der Waals surface area contributed by atoms with E-state index in [0.717, 1.165) is 28.1 Å². The minimum absolute atomic E-state index is 0.0671. The molecule has 0 saturated heterocycles. The molecule has 0 aliphatic carbocycles. The quantitative estimate of drug-likeness (QED) is 0.404. The number of amides is 1. The molecule has 3 aromatic heterocycles. The van der Waals surface area contributed by atoms with Crippen LogP contribution in [-0.2, 0) is 23.4 Å². The summed E-state index contributed by atoms with van der Waals surface area (Å²) in [5, 5.41) is 6.05. The molecule has 0 bridgehead atoms. The highest BCUT2D eigenvalue weighted by molar-refractivity contribution is 7.90.